The molecule has 0 aliphatic carbocycles. The number of carbonyl (C=O) groups excluding carboxylic acids is 11. The highest BCUT2D eigenvalue weighted by Gasteiger charge is 2.35. The molecule has 2 heterocycles. The number of aliphatic hydroxyl groups excluding tert-OH is 1. The summed E-state index contributed by atoms with van der Waals surface area (Å²) >= 11 is 0. The number of nitrogens with one attached hydrogen (secondary N) is 4. The number of benzene rings is 2. The van der Waals surface area contributed by atoms with Gasteiger partial charge in [-0.15, -0.1) is 0 Å². The topological polar surface area (TPSA) is 469 Å². The Morgan fingerprint density at radius 3 is 1.69 bits per heavy atom. The number of alkyl halides is 2. The molecule has 0 radical (unpaired) electrons. The molecule has 33 heteroatoms. The number of nitrogens with zero attached hydrogens (tertiary/aromatic N) is 6. The number of alkyl carbamates (subject to hydrolysis) is 1. The Kier molecular flexibility index (Phi) is 44.9. The Morgan fingerprint density at radius 1 is 0.779 bits per heavy atom. The highest BCUT2D eigenvalue weighted by Crippen LogP contribution is 2.23. The molecule has 86 heavy (non-hydrogen) atoms. The van der Waals surface area contributed by atoms with Crippen LogP contribution in [0.2, 0.25) is 0 Å². The van der Waals surface area contributed by atoms with Crippen molar-refractivity contribution in [1.82, 2.24) is 21.3 Å². The molecule has 3 amide bonds. The van der Waals surface area contributed by atoms with Gasteiger partial charge in [0.15, 0.2) is 0 Å². The van der Waals surface area contributed by atoms with Gasteiger partial charge in [-0.2, -0.15) is 0 Å². The number of halogens is 2. The van der Waals surface area contributed by atoms with Crippen LogP contribution in [0.1, 0.15) is 91.7 Å². The fourth-order valence-corrected chi connectivity index (χ4v) is 6.49. The zero-order valence-electron chi connectivity index (χ0n) is 48.8. The summed E-state index contributed by atoms with van der Waals surface area (Å²) in [6.45, 7) is 14.8. The lowest BCUT2D eigenvalue weighted by atomic mass is 9.96. The number of amides is 3. The van der Waals surface area contributed by atoms with E-state index in [9.17, 15) is 61.8 Å². The second-order valence-electron chi connectivity index (χ2n) is 18.5. The summed E-state index contributed by atoms with van der Waals surface area (Å²) in [6, 6.07) is 15.6. The van der Waals surface area contributed by atoms with Crippen LogP contribution in [0.3, 0.4) is 0 Å². The summed E-state index contributed by atoms with van der Waals surface area (Å²) in [5.74, 6) is -6.55. The minimum atomic E-state index is -3.34. The molecule has 31 nitrogen and oxygen atoms in total. The molecule has 0 saturated carbocycles. The van der Waals surface area contributed by atoms with E-state index in [2.05, 4.69) is 61.3 Å². The predicted octanol–water partition coefficient (Wildman–Crippen LogP) is 1.92. The number of cyclic esters (lactones) is 4. The zero-order chi connectivity index (χ0) is 65.4. The Labute approximate surface area is 494 Å². The summed E-state index contributed by atoms with van der Waals surface area (Å²) in [4.78, 5) is 125. The van der Waals surface area contributed by atoms with Crippen molar-refractivity contribution >= 4 is 65.7 Å². The van der Waals surface area contributed by atoms with Crippen LogP contribution >= 0.6 is 0 Å². The van der Waals surface area contributed by atoms with Crippen molar-refractivity contribution in [2.75, 3.05) is 52.6 Å². The molecular formula is C53H77F2N11O20. The maximum Gasteiger partial charge on any atom is 0.415 e. The summed E-state index contributed by atoms with van der Waals surface area (Å²) < 4.78 is 54.1. The van der Waals surface area contributed by atoms with Crippen molar-refractivity contribution < 1.29 is 111 Å². The van der Waals surface area contributed by atoms with Gasteiger partial charge in [-0.1, -0.05) is 98.6 Å². The van der Waals surface area contributed by atoms with Gasteiger partial charge in [0.05, 0.1) is 70.2 Å². The number of carbonyl (C=O) groups is 11. The number of hydrogen-bond donors (Lipinski definition) is 6. The van der Waals surface area contributed by atoms with Gasteiger partial charge in [-0.05, 0) is 46.9 Å². The van der Waals surface area contributed by atoms with Crippen molar-refractivity contribution in [1.29, 1.82) is 0 Å². The van der Waals surface area contributed by atoms with Gasteiger partial charge in [-0.3, -0.25) is 43.7 Å². The third kappa shape index (κ3) is 44.8. The van der Waals surface area contributed by atoms with Crippen LogP contribution in [0.15, 0.2) is 70.9 Å². The van der Waals surface area contributed by atoms with Gasteiger partial charge in [0, 0.05) is 50.2 Å². The number of carboxylic acids is 1. The monoisotopic (exact) mass is 1230 g/mol. The second kappa shape index (κ2) is 48.6. The lowest BCUT2D eigenvalue weighted by Gasteiger charge is -2.29. The Bertz CT molecular complexity index is 2490. The van der Waals surface area contributed by atoms with E-state index in [1.807, 2.05) is 88.4 Å². The first-order valence-corrected chi connectivity index (χ1v) is 26.4. The third-order valence-corrected chi connectivity index (χ3v) is 9.99. The number of azide groups is 2. The molecule has 2 aromatic rings. The third-order valence-electron chi connectivity index (χ3n) is 9.99. The summed E-state index contributed by atoms with van der Waals surface area (Å²) in [5, 5.41) is 36.5. The van der Waals surface area contributed by atoms with E-state index in [-0.39, 0.29) is 88.5 Å². The maximum absolute atomic E-state index is 12.8. The van der Waals surface area contributed by atoms with E-state index in [1.54, 1.807) is 0 Å². The number of ether oxygens (including phenoxy) is 7. The summed E-state index contributed by atoms with van der Waals surface area (Å²) in [7, 11) is 0. The summed E-state index contributed by atoms with van der Waals surface area (Å²) in [6.07, 6.45) is -4.52. The SMILES string of the molecule is CC(=O)N[C@H](CC(C)C)C(O)N[C@@H](CC(=O)OCc1ccccc1)C(=O)NCCOCCN=[N+]=[N-].CC(=O)OC(C)=O.CC(C)C[C@H]1CC(=O)OC1=O.O=C(C[C@@H]1NC(=O)OC1=O)OCc1ccccc1.O=C([O-])C(F)F.[N-]=[N+]=NCCOCC[NH3+]. The number of aliphatic carboxylic acids is 1. The first kappa shape index (κ1) is 79.4. The fourth-order valence-electron chi connectivity index (χ4n) is 6.49. The van der Waals surface area contributed by atoms with E-state index in [1.165, 1.54) is 20.8 Å². The van der Waals surface area contributed by atoms with Gasteiger partial charge in [0.25, 0.3) is 6.43 Å². The van der Waals surface area contributed by atoms with Gasteiger partial charge in [-0.25, -0.2) is 18.4 Å². The van der Waals surface area contributed by atoms with Crippen LogP contribution in [0.5, 0.6) is 0 Å². The average Bonchev–Trinajstić information content (AvgIpc) is 4.07. The van der Waals surface area contributed by atoms with Crippen LogP contribution in [-0.4, -0.2) is 154 Å². The number of hydrogen-bond acceptors (Lipinski definition) is 23. The molecule has 2 saturated heterocycles. The van der Waals surface area contributed by atoms with E-state index < -0.39 is 78.6 Å². The molecular weight excluding hydrogens is 1150 g/mol. The first-order valence-electron chi connectivity index (χ1n) is 26.4. The van der Waals surface area contributed by atoms with Crippen molar-refractivity contribution in [2.45, 2.75) is 125 Å². The largest absolute Gasteiger partial charge is 0.544 e. The van der Waals surface area contributed by atoms with Gasteiger partial charge in [0.2, 0.25) is 11.8 Å². The molecule has 5 atom stereocenters. The normalized spacial score (nSPS) is 14.5. The molecule has 2 aromatic carbocycles. The van der Waals surface area contributed by atoms with Crippen molar-refractivity contribution in [3.05, 3.63) is 92.7 Å². The lowest BCUT2D eigenvalue weighted by molar-refractivity contribution is -0.374. The highest BCUT2D eigenvalue weighted by atomic mass is 19.3. The Hall–Kier alpha value is -8.71. The van der Waals surface area contributed by atoms with Crippen LogP contribution in [0, 0.1) is 17.8 Å². The predicted molar refractivity (Wildman–Crippen MR) is 293 cm³/mol. The van der Waals surface area contributed by atoms with E-state index in [0.29, 0.717) is 32.1 Å². The minimum Gasteiger partial charge on any atom is -0.544 e. The van der Waals surface area contributed by atoms with Crippen molar-refractivity contribution in [2.24, 2.45) is 28.0 Å². The van der Waals surface area contributed by atoms with E-state index in [4.69, 9.17) is 39.9 Å². The number of esters is 7. The average molecular weight is 1230 g/mol. The number of aliphatic hydroxyl groups is 1. The fraction of sp³-hybridized carbons (Fsp3) is 0.566. The van der Waals surface area contributed by atoms with Gasteiger partial charge in [0.1, 0.15) is 31.5 Å². The van der Waals surface area contributed by atoms with Gasteiger partial charge < -0.3 is 69.8 Å². The highest BCUT2D eigenvalue weighted by molar-refractivity contribution is 5.97. The van der Waals surface area contributed by atoms with Crippen LogP contribution in [-0.2, 0) is 94.3 Å². The molecule has 478 valence electrons. The van der Waals surface area contributed by atoms with Crippen molar-refractivity contribution in [3.63, 3.8) is 0 Å². The van der Waals surface area contributed by atoms with Crippen molar-refractivity contribution in [3.8, 4) is 0 Å². The zero-order valence-corrected chi connectivity index (χ0v) is 48.8. The number of carboxylic acid groups (broad SMARTS) is 1. The standard InChI is InChI=1S/C23H36N6O6.C12H11NO5.C8H12O3.C4H10N4O.C4H6O3.C2H2F2O2/c1-16(2)13-19(27-17(3)30)23(33)28-20(22(32)25-9-11-34-12-10-26-29-24)14-21(31)35-15-18-7-5-4-6-8-18;14-10(6-9-11(15)18-12(16)13-9)17-7-8-4-2-1-3-5-8;1-5(2)3-6-4-7(9)11-8(6)10;5-1-3-9-4-2-7-8-6;1-3(5)7-4(2)6;3-1(4)2(5)6/h4-8,16,19-20,23,28,33H,9-15H2,1-3H3,(H,25,32)(H,27,30);1-5,9H,6-7H2,(H,13,16);5-6H,3-4H2,1-2H3;1-5H2;1-2H3;1H,(H,5,6)/t19-,20+,23?;9-;6-;;;/m100.../s1. The van der Waals surface area contributed by atoms with Gasteiger partial charge >= 0.3 is 47.9 Å². The molecule has 0 bridgehead atoms. The van der Waals surface area contributed by atoms with Crippen LogP contribution in [0.4, 0.5) is 13.6 Å². The van der Waals surface area contributed by atoms with E-state index >= 15 is 0 Å². The van der Waals surface area contributed by atoms with Crippen LogP contribution < -0.4 is 32.1 Å². The molecule has 8 N–H and O–H groups in total. The molecule has 0 spiro atoms. The Balaban J connectivity index is 0. The first-order chi connectivity index (χ1) is 40.6. The smallest absolute Gasteiger partial charge is 0.415 e. The summed E-state index contributed by atoms with van der Waals surface area (Å²) in [5.41, 5.74) is 21.3. The number of quaternary nitrogens is 1. The Morgan fingerprint density at radius 2 is 1.29 bits per heavy atom. The molecule has 1 unspecified atom stereocenters. The maximum atomic E-state index is 12.8. The molecule has 2 aliphatic rings. The lowest BCUT2D eigenvalue weighted by Crippen LogP contribution is -2.57. The minimum absolute atomic E-state index is 0.0530. The van der Waals surface area contributed by atoms with E-state index in [0.717, 1.165) is 24.1 Å². The second-order valence-corrected chi connectivity index (χ2v) is 18.5. The number of rotatable bonds is 29. The molecule has 2 fully saturated rings. The molecule has 2 aliphatic heterocycles. The molecule has 4 rings (SSSR count). The quantitative estimate of drug-likeness (QED) is 0.00990. The van der Waals surface area contributed by atoms with Crippen LogP contribution in [0.25, 0.3) is 20.9 Å². The molecule has 0 aromatic heterocycles.